The lowest BCUT2D eigenvalue weighted by Gasteiger charge is -2.10. The Balaban J connectivity index is 1.57. The Morgan fingerprint density at radius 3 is 2.94 bits per heavy atom. The molecule has 0 aliphatic carbocycles. The van der Waals surface area contributed by atoms with E-state index in [1.165, 1.54) is 0 Å². The summed E-state index contributed by atoms with van der Waals surface area (Å²) in [5.74, 6) is -0.0820. The molecular weight excluding hydrogens is 230 g/mol. The smallest absolute Gasteiger partial charge is 0.246 e. The fraction of sp³-hybridized carbons (Fsp3) is 0.500. The minimum absolute atomic E-state index is 0.0820. The van der Waals surface area contributed by atoms with E-state index in [2.05, 4.69) is 5.32 Å². The summed E-state index contributed by atoms with van der Waals surface area (Å²) >= 11 is 0. The third-order valence-corrected chi connectivity index (χ3v) is 2.90. The maximum absolute atomic E-state index is 11.5. The first-order valence-corrected chi connectivity index (χ1v) is 6.34. The number of benzene rings is 1. The summed E-state index contributed by atoms with van der Waals surface area (Å²) in [4.78, 5) is 11.5. The molecule has 1 amide bonds. The van der Waals surface area contributed by atoms with Crippen LogP contribution >= 0.6 is 0 Å². The van der Waals surface area contributed by atoms with Crippen LogP contribution in [0, 0.1) is 0 Å². The van der Waals surface area contributed by atoms with Gasteiger partial charge in [-0.25, -0.2) is 0 Å². The van der Waals surface area contributed by atoms with Gasteiger partial charge in [-0.05, 0) is 18.4 Å². The molecule has 1 N–H and O–H groups in total. The minimum atomic E-state index is -0.0820. The van der Waals surface area contributed by atoms with Crippen molar-refractivity contribution >= 4 is 5.91 Å². The molecule has 2 rings (SSSR count). The zero-order chi connectivity index (χ0) is 12.6. The van der Waals surface area contributed by atoms with Crippen LogP contribution in [-0.4, -0.2) is 31.8 Å². The topological polar surface area (TPSA) is 47.6 Å². The molecule has 0 saturated carbocycles. The van der Waals surface area contributed by atoms with Crippen molar-refractivity contribution in [2.75, 3.05) is 19.8 Å². The highest BCUT2D eigenvalue weighted by Gasteiger charge is 2.15. The normalized spacial score (nSPS) is 18.8. The lowest BCUT2D eigenvalue weighted by Crippen LogP contribution is -2.34. The van der Waals surface area contributed by atoms with E-state index in [4.69, 9.17) is 9.47 Å². The molecule has 4 nitrogen and oxygen atoms in total. The van der Waals surface area contributed by atoms with E-state index in [9.17, 15) is 4.79 Å². The van der Waals surface area contributed by atoms with Crippen molar-refractivity contribution in [1.82, 2.24) is 5.32 Å². The van der Waals surface area contributed by atoms with Crippen molar-refractivity contribution in [3.8, 4) is 0 Å². The molecule has 1 aliphatic rings. The second-order valence-electron chi connectivity index (χ2n) is 4.42. The van der Waals surface area contributed by atoms with Crippen molar-refractivity contribution in [1.29, 1.82) is 0 Å². The molecule has 0 radical (unpaired) electrons. The lowest BCUT2D eigenvalue weighted by atomic mass is 10.2. The summed E-state index contributed by atoms with van der Waals surface area (Å²) in [6.07, 6.45) is 2.30. The number of carbonyl (C=O) groups excluding carboxylic acids is 1. The quantitative estimate of drug-likeness (QED) is 0.831. The first kappa shape index (κ1) is 13.1. The molecule has 0 unspecified atom stereocenters. The van der Waals surface area contributed by atoms with E-state index in [1.54, 1.807) is 0 Å². The lowest BCUT2D eigenvalue weighted by molar-refractivity contribution is -0.126. The van der Waals surface area contributed by atoms with Gasteiger partial charge in [0, 0.05) is 13.2 Å². The van der Waals surface area contributed by atoms with Gasteiger partial charge in [0.25, 0.3) is 0 Å². The van der Waals surface area contributed by atoms with Crippen LogP contribution in [0.5, 0.6) is 0 Å². The average Bonchev–Trinajstić information content (AvgIpc) is 2.91. The Morgan fingerprint density at radius 2 is 2.22 bits per heavy atom. The van der Waals surface area contributed by atoms with Crippen molar-refractivity contribution in [3.05, 3.63) is 35.9 Å². The van der Waals surface area contributed by atoms with Crippen LogP contribution in [0.4, 0.5) is 0 Å². The van der Waals surface area contributed by atoms with E-state index in [0.29, 0.717) is 13.2 Å². The van der Waals surface area contributed by atoms with Gasteiger partial charge < -0.3 is 14.8 Å². The van der Waals surface area contributed by atoms with Gasteiger partial charge in [0.1, 0.15) is 6.61 Å². The number of hydrogen-bond donors (Lipinski definition) is 1. The molecule has 0 bridgehead atoms. The van der Waals surface area contributed by atoms with Gasteiger partial charge in [-0.15, -0.1) is 0 Å². The van der Waals surface area contributed by atoms with Gasteiger partial charge in [0.2, 0.25) is 5.91 Å². The minimum Gasteiger partial charge on any atom is -0.376 e. The molecular formula is C14H19NO3. The zero-order valence-electron chi connectivity index (χ0n) is 10.4. The molecule has 1 aromatic carbocycles. The first-order valence-electron chi connectivity index (χ1n) is 6.34. The number of carbonyl (C=O) groups is 1. The van der Waals surface area contributed by atoms with Crippen LogP contribution in [0.25, 0.3) is 0 Å². The molecule has 0 aromatic heterocycles. The van der Waals surface area contributed by atoms with Crippen LogP contribution in [0.2, 0.25) is 0 Å². The van der Waals surface area contributed by atoms with Gasteiger partial charge >= 0.3 is 0 Å². The highest BCUT2D eigenvalue weighted by Crippen LogP contribution is 2.10. The number of nitrogens with one attached hydrogen (secondary N) is 1. The Labute approximate surface area is 107 Å². The number of hydrogen-bond acceptors (Lipinski definition) is 3. The molecule has 0 spiro atoms. The maximum atomic E-state index is 11.5. The summed E-state index contributed by atoms with van der Waals surface area (Å²) in [5, 5.41) is 2.82. The predicted molar refractivity (Wildman–Crippen MR) is 68.1 cm³/mol. The molecule has 18 heavy (non-hydrogen) atoms. The molecule has 1 aliphatic heterocycles. The summed E-state index contributed by atoms with van der Waals surface area (Å²) in [7, 11) is 0. The van der Waals surface area contributed by atoms with E-state index in [-0.39, 0.29) is 18.6 Å². The van der Waals surface area contributed by atoms with Crippen LogP contribution in [-0.2, 0) is 20.9 Å². The fourth-order valence-corrected chi connectivity index (χ4v) is 1.92. The Bertz CT molecular complexity index is 361. The maximum Gasteiger partial charge on any atom is 0.246 e. The number of ether oxygens (including phenoxy) is 2. The number of rotatable bonds is 6. The second kappa shape index (κ2) is 7.13. The van der Waals surface area contributed by atoms with E-state index >= 15 is 0 Å². The predicted octanol–water partition coefficient (Wildman–Crippen LogP) is 1.50. The fourth-order valence-electron chi connectivity index (χ4n) is 1.92. The summed E-state index contributed by atoms with van der Waals surface area (Å²) < 4.78 is 10.8. The molecule has 1 atom stereocenters. The third-order valence-electron chi connectivity index (χ3n) is 2.90. The van der Waals surface area contributed by atoms with Crippen LogP contribution < -0.4 is 5.32 Å². The largest absolute Gasteiger partial charge is 0.376 e. The molecule has 4 heteroatoms. The molecule has 1 saturated heterocycles. The monoisotopic (exact) mass is 249 g/mol. The van der Waals surface area contributed by atoms with Crippen LogP contribution in [0.15, 0.2) is 30.3 Å². The van der Waals surface area contributed by atoms with Crippen LogP contribution in [0.1, 0.15) is 18.4 Å². The summed E-state index contributed by atoms with van der Waals surface area (Å²) in [5.41, 5.74) is 1.07. The molecule has 1 aromatic rings. The zero-order valence-corrected chi connectivity index (χ0v) is 10.4. The Hall–Kier alpha value is -1.39. The second-order valence-corrected chi connectivity index (χ2v) is 4.42. The standard InChI is InChI=1S/C14H19NO3/c16-14(15-9-13-7-4-8-18-13)11-17-10-12-5-2-1-3-6-12/h1-3,5-6,13H,4,7-11H2,(H,15,16)/t13-/m0/s1. The van der Waals surface area contributed by atoms with E-state index in [0.717, 1.165) is 25.0 Å². The van der Waals surface area contributed by atoms with Crippen molar-refractivity contribution in [2.24, 2.45) is 0 Å². The van der Waals surface area contributed by atoms with Gasteiger partial charge in [-0.3, -0.25) is 4.79 Å². The number of amides is 1. The summed E-state index contributed by atoms with van der Waals surface area (Å²) in [6.45, 7) is 1.97. The van der Waals surface area contributed by atoms with Gasteiger partial charge in [-0.1, -0.05) is 30.3 Å². The van der Waals surface area contributed by atoms with Gasteiger partial charge in [-0.2, -0.15) is 0 Å². The van der Waals surface area contributed by atoms with Crippen molar-refractivity contribution in [3.63, 3.8) is 0 Å². The first-order chi connectivity index (χ1) is 8.84. The highest BCUT2D eigenvalue weighted by atomic mass is 16.5. The van der Waals surface area contributed by atoms with E-state index < -0.39 is 0 Å². The Kier molecular flexibility index (Phi) is 5.17. The van der Waals surface area contributed by atoms with Gasteiger partial charge in [0.05, 0.1) is 12.7 Å². The van der Waals surface area contributed by atoms with Gasteiger partial charge in [0.15, 0.2) is 0 Å². The van der Waals surface area contributed by atoms with Crippen LogP contribution in [0.3, 0.4) is 0 Å². The van der Waals surface area contributed by atoms with E-state index in [1.807, 2.05) is 30.3 Å². The highest BCUT2D eigenvalue weighted by molar-refractivity contribution is 5.77. The molecule has 98 valence electrons. The average molecular weight is 249 g/mol. The third kappa shape index (κ3) is 4.47. The molecule has 1 heterocycles. The van der Waals surface area contributed by atoms with Crippen molar-refractivity contribution in [2.45, 2.75) is 25.6 Å². The van der Waals surface area contributed by atoms with Crippen molar-refractivity contribution < 1.29 is 14.3 Å². The Morgan fingerprint density at radius 1 is 1.39 bits per heavy atom. The SMILES string of the molecule is O=C(COCc1ccccc1)NC[C@@H]1CCCO1. The molecule has 1 fully saturated rings. The summed E-state index contributed by atoms with van der Waals surface area (Å²) in [6, 6.07) is 9.82.